The molecule has 1 unspecified atom stereocenters. The van der Waals surface area contributed by atoms with E-state index in [-0.39, 0.29) is 30.4 Å². The molecular weight excluding hydrogens is 322 g/mol. The van der Waals surface area contributed by atoms with Crippen LogP contribution in [0.3, 0.4) is 0 Å². The van der Waals surface area contributed by atoms with Crippen LogP contribution in [0, 0.1) is 6.92 Å². The first-order chi connectivity index (χ1) is 10.3. The number of carbonyl (C=O) groups is 1. The normalized spacial score (nSPS) is 23.7. The molecule has 0 saturated carbocycles. The first kappa shape index (κ1) is 15.5. The number of thiophene rings is 1. The molecule has 1 atom stereocenters. The first-order valence-electron chi connectivity index (χ1n) is 6.97. The highest BCUT2D eigenvalue weighted by Crippen LogP contribution is 2.27. The standard InChI is InChI=1S/C15H17NO4S2/c1-10-2-3-11-12(7-21-13(11)6-10)14(17)16-8-15(18)4-5-22(19,20)9-15/h2-3,6-7,18H,4-5,8-9H2,1H3,(H,16,17). The fraction of sp³-hybridized carbons (Fsp3) is 0.400. The number of benzene rings is 1. The van der Waals surface area contributed by atoms with Gasteiger partial charge in [0, 0.05) is 22.0 Å². The zero-order valence-corrected chi connectivity index (χ0v) is 13.8. The Morgan fingerprint density at radius 3 is 2.91 bits per heavy atom. The van der Waals surface area contributed by atoms with E-state index >= 15 is 0 Å². The second kappa shape index (κ2) is 5.33. The minimum Gasteiger partial charge on any atom is -0.387 e. The molecular formula is C15H17NO4S2. The molecule has 0 spiro atoms. The van der Waals surface area contributed by atoms with Crippen molar-refractivity contribution in [2.75, 3.05) is 18.1 Å². The van der Waals surface area contributed by atoms with Crippen LogP contribution in [-0.2, 0) is 9.84 Å². The van der Waals surface area contributed by atoms with Gasteiger partial charge in [0.1, 0.15) is 0 Å². The molecule has 1 aliphatic rings. The minimum absolute atomic E-state index is 0.0277. The minimum atomic E-state index is -3.19. The lowest BCUT2D eigenvalue weighted by molar-refractivity contribution is 0.0609. The van der Waals surface area contributed by atoms with E-state index in [4.69, 9.17) is 0 Å². The quantitative estimate of drug-likeness (QED) is 0.887. The van der Waals surface area contributed by atoms with Crippen LogP contribution in [0.4, 0.5) is 0 Å². The van der Waals surface area contributed by atoms with Crippen LogP contribution in [0.15, 0.2) is 23.6 Å². The number of carbonyl (C=O) groups excluding carboxylic acids is 1. The molecule has 0 bridgehead atoms. The largest absolute Gasteiger partial charge is 0.387 e. The Morgan fingerprint density at radius 1 is 1.45 bits per heavy atom. The van der Waals surface area contributed by atoms with Gasteiger partial charge in [-0.05, 0) is 25.0 Å². The average Bonchev–Trinajstić information content (AvgIpc) is 2.97. The summed E-state index contributed by atoms with van der Waals surface area (Å²) < 4.78 is 23.9. The van der Waals surface area contributed by atoms with Crippen LogP contribution in [0.25, 0.3) is 10.1 Å². The lowest BCUT2D eigenvalue weighted by atomic mass is 10.0. The van der Waals surface area contributed by atoms with E-state index < -0.39 is 15.4 Å². The van der Waals surface area contributed by atoms with E-state index in [1.54, 1.807) is 5.38 Å². The number of aliphatic hydroxyl groups is 1. The zero-order chi connectivity index (χ0) is 16.0. The monoisotopic (exact) mass is 339 g/mol. The number of nitrogens with one attached hydrogen (secondary N) is 1. The van der Waals surface area contributed by atoms with Crippen molar-refractivity contribution >= 4 is 37.2 Å². The molecule has 1 amide bonds. The van der Waals surface area contributed by atoms with Crippen molar-refractivity contribution < 1.29 is 18.3 Å². The summed E-state index contributed by atoms with van der Waals surface area (Å²) in [4.78, 5) is 12.3. The Bertz CT molecular complexity index is 840. The van der Waals surface area contributed by atoms with Gasteiger partial charge in [-0.15, -0.1) is 11.3 Å². The van der Waals surface area contributed by atoms with E-state index in [1.807, 2.05) is 25.1 Å². The Balaban J connectivity index is 1.74. The maximum Gasteiger partial charge on any atom is 0.252 e. The van der Waals surface area contributed by atoms with Gasteiger partial charge in [-0.3, -0.25) is 4.79 Å². The SMILES string of the molecule is Cc1ccc2c(C(=O)NCC3(O)CCS(=O)(=O)C3)csc2c1. The Hall–Kier alpha value is -1.44. The molecule has 1 aromatic carbocycles. The topological polar surface area (TPSA) is 83.5 Å². The lowest BCUT2D eigenvalue weighted by Gasteiger charge is -2.20. The van der Waals surface area contributed by atoms with Gasteiger partial charge in [0.05, 0.1) is 22.7 Å². The molecule has 2 aromatic rings. The van der Waals surface area contributed by atoms with Crippen LogP contribution in [0.5, 0.6) is 0 Å². The van der Waals surface area contributed by atoms with Crippen molar-refractivity contribution in [2.24, 2.45) is 0 Å². The van der Waals surface area contributed by atoms with Gasteiger partial charge < -0.3 is 10.4 Å². The molecule has 2 heterocycles. The van der Waals surface area contributed by atoms with Crippen molar-refractivity contribution in [1.82, 2.24) is 5.32 Å². The number of hydrogen-bond acceptors (Lipinski definition) is 5. The number of hydrogen-bond donors (Lipinski definition) is 2. The van der Waals surface area contributed by atoms with Gasteiger partial charge in [-0.25, -0.2) is 8.42 Å². The van der Waals surface area contributed by atoms with Gasteiger partial charge in [0.15, 0.2) is 9.84 Å². The molecule has 0 aliphatic carbocycles. The average molecular weight is 339 g/mol. The van der Waals surface area contributed by atoms with Crippen LogP contribution in [0.2, 0.25) is 0 Å². The molecule has 118 valence electrons. The Labute approximate surface area is 132 Å². The first-order valence-corrected chi connectivity index (χ1v) is 9.67. The summed E-state index contributed by atoms with van der Waals surface area (Å²) in [5, 5.41) is 15.6. The highest BCUT2D eigenvalue weighted by atomic mass is 32.2. The van der Waals surface area contributed by atoms with Gasteiger partial charge in [0.2, 0.25) is 0 Å². The number of aryl methyl sites for hydroxylation is 1. The lowest BCUT2D eigenvalue weighted by Crippen LogP contribution is -2.43. The van der Waals surface area contributed by atoms with Crippen molar-refractivity contribution in [1.29, 1.82) is 0 Å². The molecule has 1 aliphatic heterocycles. The van der Waals surface area contributed by atoms with E-state index in [0.29, 0.717) is 5.56 Å². The molecule has 1 saturated heterocycles. The summed E-state index contributed by atoms with van der Waals surface area (Å²) in [5.41, 5.74) is 0.341. The molecule has 0 radical (unpaired) electrons. The van der Waals surface area contributed by atoms with Crippen molar-refractivity contribution in [3.05, 3.63) is 34.7 Å². The summed E-state index contributed by atoms with van der Waals surface area (Å²) in [7, 11) is -3.19. The maximum atomic E-state index is 12.3. The predicted molar refractivity (Wildman–Crippen MR) is 87.1 cm³/mol. The Kier molecular flexibility index (Phi) is 3.74. The van der Waals surface area contributed by atoms with Gasteiger partial charge >= 0.3 is 0 Å². The number of sulfone groups is 1. The van der Waals surface area contributed by atoms with Gasteiger partial charge in [-0.2, -0.15) is 0 Å². The maximum absolute atomic E-state index is 12.3. The molecule has 1 aromatic heterocycles. The van der Waals surface area contributed by atoms with E-state index in [9.17, 15) is 18.3 Å². The summed E-state index contributed by atoms with van der Waals surface area (Å²) in [5.74, 6) is -0.600. The third-order valence-corrected chi connectivity index (χ3v) is 6.67. The number of rotatable bonds is 3. The third-order valence-electron chi connectivity index (χ3n) is 3.92. The smallest absolute Gasteiger partial charge is 0.252 e. The van der Waals surface area contributed by atoms with E-state index in [2.05, 4.69) is 5.32 Å². The molecule has 22 heavy (non-hydrogen) atoms. The van der Waals surface area contributed by atoms with Crippen LogP contribution in [-0.4, -0.2) is 43.1 Å². The molecule has 2 N–H and O–H groups in total. The fourth-order valence-electron chi connectivity index (χ4n) is 2.69. The van der Waals surface area contributed by atoms with Crippen LogP contribution in [0.1, 0.15) is 22.3 Å². The Morgan fingerprint density at radius 2 is 2.23 bits per heavy atom. The predicted octanol–water partition coefficient (Wildman–Crippen LogP) is 1.49. The number of amides is 1. The second-order valence-electron chi connectivity index (χ2n) is 5.90. The molecule has 1 fully saturated rings. The second-order valence-corrected chi connectivity index (χ2v) is 8.99. The van der Waals surface area contributed by atoms with Crippen LogP contribution < -0.4 is 5.32 Å². The zero-order valence-electron chi connectivity index (χ0n) is 12.1. The summed E-state index contributed by atoms with van der Waals surface area (Å²) in [6, 6.07) is 5.88. The van der Waals surface area contributed by atoms with Crippen molar-refractivity contribution in [3.63, 3.8) is 0 Å². The highest BCUT2D eigenvalue weighted by molar-refractivity contribution is 7.91. The highest BCUT2D eigenvalue weighted by Gasteiger charge is 2.40. The van der Waals surface area contributed by atoms with Crippen molar-refractivity contribution in [3.8, 4) is 0 Å². The molecule has 5 nitrogen and oxygen atoms in total. The van der Waals surface area contributed by atoms with E-state index in [0.717, 1.165) is 15.6 Å². The number of fused-ring (bicyclic) bond motifs is 1. The van der Waals surface area contributed by atoms with Gasteiger partial charge in [-0.1, -0.05) is 12.1 Å². The third kappa shape index (κ3) is 3.02. The summed E-state index contributed by atoms with van der Waals surface area (Å²) in [6.07, 6.45) is 0.166. The van der Waals surface area contributed by atoms with Crippen molar-refractivity contribution in [2.45, 2.75) is 18.9 Å². The van der Waals surface area contributed by atoms with E-state index in [1.165, 1.54) is 11.3 Å². The molecule has 3 rings (SSSR count). The summed E-state index contributed by atoms with van der Waals surface area (Å²) >= 11 is 1.49. The van der Waals surface area contributed by atoms with Crippen LogP contribution >= 0.6 is 11.3 Å². The summed E-state index contributed by atoms with van der Waals surface area (Å²) in [6.45, 7) is 1.95. The van der Waals surface area contributed by atoms with Gasteiger partial charge in [0.25, 0.3) is 5.91 Å². The fourth-order valence-corrected chi connectivity index (χ4v) is 5.63. The molecule has 7 heteroatoms.